The minimum atomic E-state index is 0.344. The van der Waals surface area contributed by atoms with Gasteiger partial charge in [-0.05, 0) is 40.2 Å². The van der Waals surface area contributed by atoms with Gasteiger partial charge in [-0.3, -0.25) is 4.90 Å². The highest BCUT2D eigenvalue weighted by Gasteiger charge is 2.31. The second-order valence-electron chi connectivity index (χ2n) is 4.17. The quantitative estimate of drug-likeness (QED) is 0.723. The molecule has 1 aromatic heterocycles. The average molecular weight is 195 g/mol. The van der Waals surface area contributed by atoms with Gasteiger partial charge < -0.3 is 4.52 Å². The largest absolute Gasteiger partial charge is 0.338 e. The van der Waals surface area contributed by atoms with E-state index in [4.69, 9.17) is 4.52 Å². The first kappa shape index (κ1) is 9.65. The Bertz CT molecular complexity index is 308. The van der Waals surface area contributed by atoms with E-state index in [0.717, 1.165) is 24.7 Å². The van der Waals surface area contributed by atoms with E-state index in [1.54, 1.807) is 0 Å². The molecule has 0 bridgehead atoms. The minimum Gasteiger partial charge on any atom is -0.338 e. The summed E-state index contributed by atoms with van der Waals surface area (Å²) < 4.78 is 5.23. The fraction of sp³-hybridized carbons (Fsp3) is 0.800. The predicted octanol–water partition coefficient (Wildman–Crippen LogP) is 1.92. The van der Waals surface area contributed by atoms with Crippen LogP contribution in [0.3, 0.4) is 0 Å². The molecule has 1 saturated heterocycles. The summed E-state index contributed by atoms with van der Waals surface area (Å²) in [5.41, 5.74) is 0. The van der Waals surface area contributed by atoms with Gasteiger partial charge in [-0.1, -0.05) is 5.16 Å². The second-order valence-corrected chi connectivity index (χ2v) is 4.17. The highest BCUT2D eigenvalue weighted by Crippen LogP contribution is 2.32. The number of hydrogen-bond donors (Lipinski definition) is 0. The van der Waals surface area contributed by atoms with E-state index in [1.165, 1.54) is 6.42 Å². The molecular formula is C10H17N3O. The molecule has 0 unspecified atom stereocenters. The molecule has 1 aliphatic rings. The van der Waals surface area contributed by atoms with Crippen LogP contribution in [0.5, 0.6) is 0 Å². The summed E-state index contributed by atoms with van der Waals surface area (Å²) in [6.45, 7) is 7.43. The summed E-state index contributed by atoms with van der Waals surface area (Å²) in [6.07, 6.45) is 2.37. The normalized spacial score (nSPS) is 23.6. The molecule has 2 rings (SSSR count). The van der Waals surface area contributed by atoms with E-state index >= 15 is 0 Å². The summed E-state index contributed by atoms with van der Waals surface area (Å²) in [4.78, 5) is 6.73. The number of aromatic nitrogens is 2. The maximum Gasteiger partial charge on any atom is 0.243 e. The second kappa shape index (κ2) is 3.69. The molecule has 0 aliphatic carbocycles. The highest BCUT2D eigenvalue weighted by molar-refractivity contribution is 4.96. The van der Waals surface area contributed by atoms with E-state index in [-0.39, 0.29) is 0 Å². The highest BCUT2D eigenvalue weighted by atomic mass is 16.5. The van der Waals surface area contributed by atoms with Crippen molar-refractivity contribution < 1.29 is 4.52 Å². The summed E-state index contributed by atoms with van der Waals surface area (Å²) in [5, 5.41) is 3.84. The lowest BCUT2D eigenvalue weighted by Gasteiger charge is -2.25. The molecule has 0 radical (unpaired) electrons. The minimum absolute atomic E-state index is 0.344. The van der Waals surface area contributed by atoms with Crippen molar-refractivity contribution in [3.8, 4) is 0 Å². The molecule has 1 aliphatic heterocycles. The fourth-order valence-electron chi connectivity index (χ4n) is 2.12. The van der Waals surface area contributed by atoms with Crippen molar-refractivity contribution >= 4 is 0 Å². The van der Waals surface area contributed by atoms with Crippen LogP contribution in [0, 0.1) is 6.92 Å². The molecule has 0 aromatic carbocycles. The first-order valence-electron chi connectivity index (χ1n) is 5.24. The lowest BCUT2D eigenvalue weighted by molar-refractivity contribution is 0.170. The Kier molecular flexibility index (Phi) is 2.54. The van der Waals surface area contributed by atoms with E-state index in [0.29, 0.717) is 12.1 Å². The Labute approximate surface area is 84.3 Å². The van der Waals surface area contributed by atoms with Crippen molar-refractivity contribution in [1.29, 1.82) is 0 Å². The monoisotopic (exact) mass is 195 g/mol. The SMILES string of the molecule is Cc1noc([C@@H]2CCCN2C(C)C)n1. The van der Waals surface area contributed by atoms with Crippen molar-refractivity contribution in [3.05, 3.63) is 11.7 Å². The van der Waals surface area contributed by atoms with Crippen molar-refractivity contribution in [3.63, 3.8) is 0 Å². The van der Waals surface area contributed by atoms with Crippen LogP contribution in [0.15, 0.2) is 4.52 Å². The Morgan fingerprint density at radius 2 is 2.29 bits per heavy atom. The summed E-state index contributed by atoms with van der Waals surface area (Å²) in [7, 11) is 0. The van der Waals surface area contributed by atoms with Crippen LogP contribution in [0.25, 0.3) is 0 Å². The van der Waals surface area contributed by atoms with Gasteiger partial charge >= 0.3 is 0 Å². The zero-order valence-electron chi connectivity index (χ0n) is 9.03. The number of aryl methyl sites for hydroxylation is 1. The molecule has 0 spiro atoms. The van der Waals surface area contributed by atoms with Crippen LogP contribution in [0.1, 0.15) is 44.4 Å². The van der Waals surface area contributed by atoms with E-state index in [9.17, 15) is 0 Å². The zero-order chi connectivity index (χ0) is 10.1. The molecule has 0 amide bonds. The predicted molar refractivity (Wildman–Crippen MR) is 52.9 cm³/mol. The molecular weight excluding hydrogens is 178 g/mol. The van der Waals surface area contributed by atoms with Crippen LogP contribution in [0.2, 0.25) is 0 Å². The van der Waals surface area contributed by atoms with E-state index < -0.39 is 0 Å². The lowest BCUT2D eigenvalue weighted by Crippen LogP contribution is -2.30. The Morgan fingerprint density at radius 3 is 2.86 bits per heavy atom. The summed E-state index contributed by atoms with van der Waals surface area (Å²) in [5.74, 6) is 1.52. The maximum atomic E-state index is 5.23. The summed E-state index contributed by atoms with van der Waals surface area (Å²) >= 11 is 0. The van der Waals surface area contributed by atoms with Crippen LogP contribution in [-0.2, 0) is 0 Å². The van der Waals surface area contributed by atoms with Gasteiger partial charge in [0.1, 0.15) is 0 Å². The van der Waals surface area contributed by atoms with Gasteiger partial charge in [-0.2, -0.15) is 4.98 Å². The fourth-order valence-corrected chi connectivity index (χ4v) is 2.12. The van der Waals surface area contributed by atoms with Crippen LogP contribution >= 0.6 is 0 Å². The van der Waals surface area contributed by atoms with E-state index in [2.05, 4.69) is 28.9 Å². The third kappa shape index (κ3) is 1.66. The van der Waals surface area contributed by atoms with Gasteiger partial charge in [0, 0.05) is 6.04 Å². The Balaban J connectivity index is 2.17. The van der Waals surface area contributed by atoms with Crippen molar-refractivity contribution in [2.75, 3.05) is 6.54 Å². The Morgan fingerprint density at radius 1 is 1.50 bits per heavy atom. The van der Waals surface area contributed by atoms with Crippen LogP contribution < -0.4 is 0 Å². The smallest absolute Gasteiger partial charge is 0.243 e. The molecule has 4 nitrogen and oxygen atoms in total. The molecule has 78 valence electrons. The van der Waals surface area contributed by atoms with E-state index in [1.807, 2.05) is 6.92 Å². The molecule has 14 heavy (non-hydrogen) atoms. The third-order valence-corrected chi connectivity index (χ3v) is 2.79. The molecule has 4 heteroatoms. The van der Waals surface area contributed by atoms with Crippen LogP contribution in [-0.4, -0.2) is 27.6 Å². The summed E-state index contributed by atoms with van der Waals surface area (Å²) in [6, 6.07) is 0.894. The first-order valence-corrected chi connectivity index (χ1v) is 5.24. The first-order chi connectivity index (χ1) is 6.68. The van der Waals surface area contributed by atoms with Gasteiger partial charge in [0.05, 0.1) is 6.04 Å². The number of hydrogen-bond acceptors (Lipinski definition) is 4. The number of rotatable bonds is 2. The molecule has 1 atom stereocenters. The average Bonchev–Trinajstić information content (AvgIpc) is 2.70. The number of likely N-dealkylation sites (tertiary alicyclic amines) is 1. The molecule has 1 aromatic rings. The van der Waals surface area contributed by atoms with Gasteiger partial charge in [0.25, 0.3) is 0 Å². The number of nitrogens with zero attached hydrogens (tertiary/aromatic N) is 3. The standard InChI is InChI=1S/C10H17N3O/c1-7(2)13-6-4-5-9(13)10-11-8(3)12-14-10/h7,9H,4-6H2,1-3H3/t9-/m0/s1. The molecule has 0 saturated carbocycles. The molecule has 2 heterocycles. The van der Waals surface area contributed by atoms with Crippen molar-refractivity contribution in [1.82, 2.24) is 15.0 Å². The van der Waals surface area contributed by atoms with Gasteiger partial charge in [-0.15, -0.1) is 0 Å². The topological polar surface area (TPSA) is 42.2 Å². The van der Waals surface area contributed by atoms with Crippen LogP contribution in [0.4, 0.5) is 0 Å². The van der Waals surface area contributed by atoms with Crippen molar-refractivity contribution in [2.45, 2.75) is 45.7 Å². The molecule has 1 fully saturated rings. The zero-order valence-corrected chi connectivity index (χ0v) is 9.03. The third-order valence-electron chi connectivity index (χ3n) is 2.79. The van der Waals surface area contributed by atoms with Gasteiger partial charge in [0.2, 0.25) is 5.89 Å². The van der Waals surface area contributed by atoms with Gasteiger partial charge in [-0.25, -0.2) is 0 Å². The Hall–Kier alpha value is -0.900. The molecule has 0 N–H and O–H groups in total. The lowest BCUT2D eigenvalue weighted by atomic mass is 10.2. The maximum absolute atomic E-state index is 5.23. The van der Waals surface area contributed by atoms with Crippen molar-refractivity contribution in [2.24, 2.45) is 0 Å². The van der Waals surface area contributed by atoms with Gasteiger partial charge in [0.15, 0.2) is 5.82 Å².